The fraction of sp³-hybridized carbons (Fsp3) is 0.308. The highest BCUT2D eigenvalue weighted by Crippen LogP contribution is 2.11. The van der Waals surface area contributed by atoms with E-state index in [9.17, 15) is 4.79 Å². The van der Waals surface area contributed by atoms with Gasteiger partial charge in [0, 0.05) is 6.54 Å². The minimum atomic E-state index is 0.0199. The van der Waals surface area contributed by atoms with E-state index in [2.05, 4.69) is 11.8 Å². The average Bonchev–Trinajstić information content (AvgIpc) is 2.58. The fourth-order valence-electron chi connectivity index (χ4n) is 1.89. The number of rotatable bonds is 2. The molecule has 3 heteroatoms. The van der Waals surface area contributed by atoms with E-state index in [1.54, 1.807) is 16.1 Å². The Hall–Kier alpha value is -1.95. The van der Waals surface area contributed by atoms with Crippen LogP contribution in [0.2, 0.25) is 0 Å². The van der Waals surface area contributed by atoms with Crippen LogP contribution < -0.4 is 5.69 Å². The summed E-state index contributed by atoms with van der Waals surface area (Å²) in [6.45, 7) is 4.91. The van der Waals surface area contributed by atoms with Crippen molar-refractivity contribution < 1.29 is 0 Å². The minimum Gasteiger partial charge on any atom is -0.292 e. The first-order valence-corrected chi connectivity index (χ1v) is 5.37. The van der Waals surface area contributed by atoms with Crippen molar-refractivity contribution in [1.82, 2.24) is 9.13 Å². The zero-order valence-corrected chi connectivity index (χ0v) is 9.53. The van der Waals surface area contributed by atoms with Gasteiger partial charge in [-0.15, -0.1) is 5.92 Å². The molecule has 0 aliphatic rings. The SMILES string of the molecule is CC#CCn1c(=O)n(CC)c2ccccc21. The van der Waals surface area contributed by atoms with Crippen LogP contribution in [0.1, 0.15) is 13.8 Å². The number of fused-ring (bicyclic) bond motifs is 1. The van der Waals surface area contributed by atoms with Gasteiger partial charge in [0.05, 0.1) is 17.6 Å². The van der Waals surface area contributed by atoms with E-state index < -0.39 is 0 Å². The Morgan fingerprint density at radius 1 is 1.19 bits per heavy atom. The quantitative estimate of drug-likeness (QED) is 0.701. The van der Waals surface area contributed by atoms with Gasteiger partial charge in [-0.25, -0.2) is 4.79 Å². The predicted octanol–water partition coefficient (Wildman–Crippen LogP) is 1.85. The van der Waals surface area contributed by atoms with Gasteiger partial charge in [-0.05, 0) is 26.0 Å². The predicted molar refractivity (Wildman–Crippen MR) is 65.3 cm³/mol. The van der Waals surface area contributed by atoms with Gasteiger partial charge in [-0.1, -0.05) is 18.1 Å². The molecule has 0 radical (unpaired) electrons. The largest absolute Gasteiger partial charge is 0.329 e. The van der Waals surface area contributed by atoms with E-state index in [1.807, 2.05) is 31.2 Å². The summed E-state index contributed by atoms with van der Waals surface area (Å²) in [5.74, 6) is 5.75. The minimum absolute atomic E-state index is 0.0199. The van der Waals surface area contributed by atoms with Gasteiger partial charge >= 0.3 is 5.69 Å². The monoisotopic (exact) mass is 214 g/mol. The number of nitrogens with zero attached hydrogens (tertiary/aromatic N) is 2. The second kappa shape index (κ2) is 4.28. The van der Waals surface area contributed by atoms with Gasteiger partial charge in [0.2, 0.25) is 0 Å². The van der Waals surface area contributed by atoms with Crippen molar-refractivity contribution in [3.05, 3.63) is 34.7 Å². The molecule has 0 N–H and O–H groups in total. The van der Waals surface area contributed by atoms with Crippen molar-refractivity contribution in [3.63, 3.8) is 0 Å². The lowest BCUT2D eigenvalue weighted by atomic mass is 10.3. The molecule has 0 atom stereocenters. The van der Waals surface area contributed by atoms with Crippen molar-refractivity contribution >= 4 is 11.0 Å². The molecule has 0 saturated heterocycles. The molecule has 0 fully saturated rings. The molecule has 1 aromatic carbocycles. The Morgan fingerprint density at radius 2 is 1.81 bits per heavy atom. The third kappa shape index (κ3) is 1.53. The van der Waals surface area contributed by atoms with Crippen molar-refractivity contribution in [2.24, 2.45) is 0 Å². The lowest BCUT2D eigenvalue weighted by Gasteiger charge is -1.95. The molecule has 0 aliphatic carbocycles. The molecule has 16 heavy (non-hydrogen) atoms. The summed E-state index contributed by atoms with van der Waals surface area (Å²) in [4.78, 5) is 12.1. The number of hydrogen-bond acceptors (Lipinski definition) is 1. The molecule has 0 bridgehead atoms. The van der Waals surface area contributed by atoms with Crippen LogP contribution in [-0.4, -0.2) is 9.13 Å². The molecule has 3 nitrogen and oxygen atoms in total. The van der Waals surface area contributed by atoms with Crippen LogP contribution in [0.3, 0.4) is 0 Å². The van der Waals surface area contributed by atoms with Crippen LogP contribution in [0, 0.1) is 11.8 Å². The Kier molecular flexibility index (Phi) is 2.82. The first kappa shape index (κ1) is 10.6. The lowest BCUT2D eigenvalue weighted by Crippen LogP contribution is -2.23. The molecule has 0 aliphatic heterocycles. The van der Waals surface area contributed by atoms with Crippen LogP contribution in [0.4, 0.5) is 0 Å². The lowest BCUT2D eigenvalue weighted by molar-refractivity contribution is 0.696. The zero-order valence-electron chi connectivity index (χ0n) is 9.53. The Labute approximate surface area is 94.3 Å². The standard InChI is InChI=1S/C13H14N2O/c1-3-5-10-15-12-9-7-6-8-11(12)14(4-2)13(15)16/h6-9H,4,10H2,1-2H3. The summed E-state index contributed by atoms with van der Waals surface area (Å²) in [5.41, 5.74) is 1.96. The topological polar surface area (TPSA) is 26.9 Å². The Bertz CT molecular complexity index is 623. The van der Waals surface area contributed by atoms with Crippen molar-refractivity contribution in [2.75, 3.05) is 0 Å². The van der Waals surface area contributed by atoms with Crippen molar-refractivity contribution in [3.8, 4) is 11.8 Å². The van der Waals surface area contributed by atoms with E-state index in [0.29, 0.717) is 13.1 Å². The van der Waals surface area contributed by atoms with Crippen LogP contribution >= 0.6 is 0 Å². The van der Waals surface area contributed by atoms with Crippen LogP contribution in [0.15, 0.2) is 29.1 Å². The summed E-state index contributed by atoms with van der Waals surface area (Å²) in [6, 6.07) is 7.82. The maximum Gasteiger partial charge on any atom is 0.329 e. The summed E-state index contributed by atoms with van der Waals surface area (Å²) in [7, 11) is 0. The number of para-hydroxylation sites is 2. The van der Waals surface area contributed by atoms with Gasteiger partial charge in [0.25, 0.3) is 0 Å². The highest BCUT2D eigenvalue weighted by molar-refractivity contribution is 5.76. The summed E-state index contributed by atoms with van der Waals surface area (Å²) in [5, 5.41) is 0. The number of imidazole rings is 1. The first-order valence-electron chi connectivity index (χ1n) is 5.37. The molecule has 0 unspecified atom stereocenters. The van der Waals surface area contributed by atoms with Crippen molar-refractivity contribution in [1.29, 1.82) is 0 Å². The van der Waals surface area contributed by atoms with E-state index in [0.717, 1.165) is 11.0 Å². The summed E-state index contributed by atoms with van der Waals surface area (Å²) >= 11 is 0. The van der Waals surface area contributed by atoms with Crippen molar-refractivity contribution in [2.45, 2.75) is 26.9 Å². The van der Waals surface area contributed by atoms with E-state index >= 15 is 0 Å². The molecule has 0 amide bonds. The molecule has 1 aromatic heterocycles. The molecule has 1 heterocycles. The summed E-state index contributed by atoms with van der Waals surface area (Å²) < 4.78 is 3.49. The van der Waals surface area contributed by atoms with Crippen LogP contribution in [-0.2, 0) is 13.1 Å². The molecule has 0 spiro atoms. The Morgan fingerprint density at radius 3 is 2.38 bits per heavy atom. The van der Waals surface area contributed by atoms with Gasteiger partial charge in [-0.2, -0.15) is 0 Å². The molecular formula is C13H14N2O. The van der Waals surface area contributed by atoms with E-state index in [-0.39, 0.29) is 5.69 Å². The third-order valence-electron chi connectivity index (χ3n) is 2.66. The number of hydrogen-bond donors (Lipinski definition) is 0. The number of aryl methyl sites for hydroxylation is 1. The van der Waals surface area contributed by atoms with Crippen LogP contribution in [0.5, 0.6) is 0 Å². The zero-order chi connectivity index (χ0) is 11.5. The van der Waals surface area contributed by atoms with Gasteiger partial charge in [0.15, 0.2) is 0 Å². The molecule has 82 valence electrons. The molecule has 2 aromatic rings. The summed E-state index contributed by atoms with van der Waals surface area (Å²) in [6.07, 6.45) is 0. The first-order chi connectivity index (χ1) is 7.79. The van der Waals surface area contributed by atoms with E-state index in [4.69, 9.17) is 0 Å². The maximum atomic E-state index is 12.1. The second-order valence-electron chi connectivity index (χ2n) is 3.53. The second-order valence-corrected chi connectivity index (χ2v) is 3.53. The average molecular weight is 214 g/mol. The highest BCUT2D eigenvalue weighted by atomic mass is 16.1. The molecule has 0 saturated carbocycles. The third-order valence-corrected chi connectivity index (χ3v) is 2.66. The number of benzene rings is 1. The van der Waals surface area contributed by atoms with E-state index in [1.165, 1.54) is 0 Å². The Balaban J connectivity index is 2.75. The maximum absolute atomic E-state index is 12.1. The molecule has 2 rings (SSSR count). The molecular weight excluding hydrogens is 200 g/mol. The van der Waals surface area contributed by atoms with Gasteiger partial charge in [-0.3, -0.25) is 9.13 Å². The fourth-order valence-corrected chi connectivity index (χ4v) is 1.89. The number of aromatic nitrogens is 2. The highest BCUT2D eigenvalue weighted by Gasteiger charge is 2.09. The van der Waals surface area contributed by atoms with Gasteiger partial charge in [0.1, 0.15) is 0 Å². The normalized spacial score (nSPS) is 10.1. The van der Waals surface area contributed by atoms with Gasteiger partial charge < -0.3 is 0 Å². The smallest absolute Gasteiger partial charge is 0.292 e. The van der Waals surface area contributed by atoms with Crippen LogP contribution in [0.25, 0.3) is 11.0 Å².